The molecular weight excluding hydrogens is 793 g/mol. The average molecular weight is 906 g/mol. The van der Waals surface area contributed by atoms with E-state index in [0.29, 0.717) is 19.3 Å². The molecule has 0 N–H and O–H groups in total. The molecule has 0 fully saturated rings. The highest BCUT2D eigenvalue weighted by Gasteiger charge is 2.19. The quantitative estimate of drug-likeness (QED) is 0.0344. The van der Waals surface area contributed by atoms with Crippen molar-refractivity contribution in [2.45, 2.75) is 341 Å². The lowest BCUT2D eigenvalue weighted by molar-refractivity contribution is -0.167. The largest absolute Gasteiger partial charge is 0.462 e. The molecular formula is C58H112O6. The molecule has 0 radical (unpaired) electrons. The molecule has 0 aliphatic carbocycles. The van der Waals surface area contributed by atoms with Crippen LogP contribution in [0.1, 0.15) is 335 Å². The van der Waals surface area contributed by atoms with Gasteiger partial charge in [0.05, 0.1) is 0 Å². The normalized spacial score (nSPS) is 11.9. The van der Waals surface area contributed by atoms with Gasteiger partial charge in [-0.2, -0.15) is 0 Å². The summed E-state index contributed by atoms with van der Waals surface area (Å²) in [6.07, 6.45) is 59.9. The first-order valence-corrected chi connectivity index (χ1v) is 29.0. The molecule has 0 aromatic heterocycles. The number of carbonyl (C=O) groups is 3. The summed E-state index contributed by atoms with van der Waals surface area (Å²) < 4.78 is 16.8. The summed E-state index contributed by atoms with van der Waals surface area (Å²) in [5.74, 6) is -0.847. The average Bonchev–Trinajstić information content (AvgIpc) is 3.29. The van der Waals surface area contributed by atoms with E-state index in [1.54, 1.807) is 0 Å². The SMILES string of the molecule is CCCCCCCCCCCCCCCCCCCCCCCCCCCCCC(=O)OCC(COC(=O)CCCCCCCCC)OC(=O)CCCCCCCCCCCCCC. The Labute approximate surface area is 399 Å². The number of esters is 3. The number of hydrogen-bond acceptors (Lipinski definition) is 6. The summed E-state index contributed by atoms with van der Waals surface area (Å²) in [5, 5.41) is 0. The zero-order chi connectivity index (χ0) is 46.5. The third kappa shape index (κ3) is 51.4. The molecule has 0 amide bonds. The predicted octanol–water partition coefficient (Wildman–Crippen LogP) is 19.2. The summed E-state index contributed by atoms with van der Waals surface area (Å²) in [6, 6.07) is 0. The molecule has 64 heavy (non-hydrogen) atoms. The van der Waals surface area contributed by atoms with Gasteiger partial charge in [0, 0.05) is 19.3 Å². The molecule has 1 atom stereocenters. The van der Waals surface area contributed by atoms with Gasteiger partial charge in [0.2, 0.25) is 0 Å². The van der Waals surface area contributed by atoms with E-state index in [1.807, 2.05) is 0 Å². The zero-order valence-electron chi connectivity index (χ0n) is 43.6. The van der Waals surface area contributed by atoms with E-state index < -0.39 is 6.10 Å². The fourth-order valence-corrected chi connectivity index (χ4v) is 8.98. The molecule has 0 aromatic rings. The maximum atomic E-state index is 12.7. The molecule has 380 valence electrons. The summed E-state index contributed by atoms with van der Waals surface area (Å²) in [7, 11) is 0. The Morgan fingerprint density at radius 2 is 0.422 bits per heavy atom. The summed E-state index contributed by atoms with van der Waals surface area (Å²) >= 11 is 0. The Morgan fingerprint density at radius 3 is 0.625 bits per heavy atom. The minimum atomic E-state index is -0.759. The van der Waals surface area contributed by atoms with Crippen LogP contribution >= 0.6 is 0 Å². The second-order valence-electron chi connectivity index (χ2n) is 19.9. The van der Waals surface area contributed by atoms with Gasteiger partial charge in [-0.1, -0.05) is 297 Å². The molecule has 0 aliphatic rings. The monoisotopic (exact) mass is 905 g/mol. The molecule has 0 heterocycles. The van der Waals surface area contributed by atoms with E-state index in [-0.39, 0.29) is 31.1 Å². The lowest BCUT2D eigenvalue weighted by atomic mass is 10.0. The van der Waals surface area contributed by atoms with Crippen molar-refractivity contribution < 1.29 is 28.6 Å². The number of carbonyl (C=O) groups excluding carboxylic acids is 3. The van der Waals surface area contributed by atoms with Crippen molar-refractivity contribution in [1.82, 2.24) is 0 Å². The van der Waals surface area contributed by atoms with Gasteiger partial charge in [0.25, 0.3) is 0 Å². The van der Waals surface area contributed by atoms with Crippen LogP contribution in [-0.4, -0.2) is 37.2 Å². The van der Waals surface area contributed by atoms with Crippen LogP contribution in [0.25, 0.3) is 0 Å². The van der Waals surface area contributed by atoms with E-state index in [0.717, 1.165) is 57.8 Å². The van der Waals surface area contributed by atoms with Gasteiger partial charge < -0.3 is 14.2 Å². The van der Waals surface area contributed by atoms with E-state index in [2.05, 4.69) is 20.8 Å². The fraction of sp³-hybridized carbons (Fsp3) is 0.948. The molecule has 0 spiro atoms. The Kier molecular flexibility index (Phi) is 52.7. The van der Waals surface area contributed by atoms with Gasteiger partial charge in [0.15, 0.2) is 6.10 Å². The third-order valence-corrected chi connectivity index (χ3v) is 13.4. The maximum absolute atomic E-state index is 12.7. The second-order valence-corrected chi connectivity index (χ2v) is 19.9. The standard InChI is InChI=1S/C58H112O6/c1-4-7-10-13-16-18-20-22-23-24-25-26-27-28-29-30-31-32-33-34-35-36-38-39-42-45-48-51-57(60)63-54-55(53-62-56(59)50-47-44-41-15-12-9-6-3)64-58(61)52-49-46-43-40-37-21-19-17-14-11-8-5-2/h55H,4-54H2,1-3H3. The lowest BCUT2D eigenvalue weighted by Gasteiger charge is -2.18. The van der Waals surface area contributed by atoms with Crippen LogP contribution in [0, 0.1) is 0 Å². The molecule has 1 unspecified atom stereocenters. The van der Waals surface area contributed by atoms with Crippen LogP contribution in [-0.2, 0) is 28.6 Å². The van der Waals surface area contributed by atoms with Crippen molar-refractivity contribution in [2.75, 3.05) is 13.2 Å². The summed E-state index contributed by atoms with van der Waals surface area (Å²) in [6.45, 7) is 6.65. The van der Waals surface area contributed by atoms with Crippen molar-refractivity contribution in [3.63, 3.8) is 0 Å². The van der Waals surface area contributed by atoms with Crippen LogP contribution in [0.5, 0.6) is 0 Å². The fourth-order valence-electron chi connectivity index (χ4n) is 8.98. The zero-order valence-corrected chi connectivity index (χ0v) is 43.6. The molecule has 0 aromatic carbocycles. The molecule has 0 saturated heterocycles. The van der Waals surface area contributed by atoms with Crippen LogP contribution in [0.3, 0.4) is 0 Å². The molecule has 0 rings (SSSR count). The smallest absolute Gasteiger partial charge is 0.306 e. The van der Waals surface area contributed by atoms with Crippen molar-refractivity contribution in [3.05, 3.63) is 0 Å². The summed E-state index contributed by atoms with van der Waals surface area (Å²) in [4.78, 5) is 37.8. The van der Waals surface area contributed by atoms with Gasteiger partial charge >= 0.3 is 17.9 Å². The Bertz CT molecular complexity index is 951. The van der Waals surface area contributed by atoms with Gasteiger partial charge in [0.1, 0.15) is 13.2 Å². The van der Waals surface area contributed by atoms with Gasteiger partial charge in [-0.05, 0) is 19.3 Å². The van der Waals surface area contributed by atoms with Gasteiger partial charge in [-0.25, -0.2) is 0 Å². The highest BCUT2D eigenvalue weighted by atomic mass is 16.6. The lowest BCUT2D eigenvalue weighted by Crippen LogP contribution is -2.30. The maximum Gasteiger partial charge on any atom is 0.306 e. The summed E-state index contributed by atoms with van der Waals surface area (Å²) in [5.41, 5.74) is 0. The van der Waals surface area contributed by atoms with E-state index in [9.17, 15) is 14.4 Å². The highest BCUT2D eigenvalue weighted by Crippen LogP contribution is 2.18. The highest BCUT2D eigenvalue weighted by molar-refractivity contribution is 5.71. The number of rotatable bonds is 54. The Hall–Kier alpha value is -1.59. The van der Waals surface area contributed by atoms with Crippen molar-refractivity contribution >= 4 is 17.9 Å². The van der Waals surface area contributed by atoms with Crippen molar-refractivity contribution in [2.24, 2.45) is 0 Å². The predicted molar refractivity (Wildman–Crippen MR) is 275 cm³/mol. The van der Waals surface area contributed by atoms with E-state index in [4.69, 9.17) is 14.2 Å². The minimum absolute atomic E-state index is 0.0623. The first-order valence-electron chi connectivity index (χ1n) is 29.0. The molecule has 6 nitrogen and oxygen atoms in total. The van der Waals surface area contributed by atoms with E-state index in [1.165, 1.54) is 238 Å². The second kappa shape index (κ2) is 54.0. The van der Waals surface area contributed by atoms with Gasteiger partial charge in [-0.15, -0.1) is 0 Å². The van der Waals surface area contributed by atoms with Crippen LogP contribution in [0.15, 0.2) is 0 Å². The first-order chi connectivity index (χ1) is 31.5. The van der Waals surface area contributed by atoms with E-state index >= 15 is 0 Å². The van der Waals surface area contributed by atoms with Crippen molar-refractivity contribution in [1.29, 1.82) is 0 Å². The van der Waals surface area contributed by atoms with Crippen LogP contribution in [0.4, 0.5) is 0 Å². The van der Waals surface area contributed by atoms with Crippen LogP contribution < -0.4 is 0 Å². The number of ether oxygens (including phenoxy) is 3. The molecule has 0 bridgehead atoms. The van der Waals surface area contributed by atoms with Crippen LogP contribution in [0.2, 0.25) is 0 Å². The minimum Gasteiger partial charge on any atom is -0.462 e. The first kappa shape index (κ1) is 62.4. The Morgan fingerprint density at radius 1 is 0.250 bits per heavy atom. The van der Waals surface area contributed by atoms with Crippen molar-refractivity contribution in [3.8, 4) is 0 Å². The van der Waals surface area contributed by atoms with Gasteiger partial charge in [-0.3, -0.25) is 14.4 Å². The number of unbranched alkanes of at least 4 members (excludes halogenated alkanes) is 43. The molecule has 0 saturated carbocycles. The molecule has 0 aliphatic heterocycles. The third-order valence-electron chi connectivity index (χ3n) is 13.4. The topological polar surface area (TPSA) is 78.9 Å². The number of hydrogen-bond donors (Lipinski definition) is 0. The Balaban J connectivity index is 3.98. The molecule has 6 heteroatoms.